The Kier molecular flexibility index (Phi) is 3.20. The second-order valence-electron chi connectivity index (χ2n) is 6.60. The van der Waals surface area contributed by atoms with Crippen molar-refractivity contribution >= 4 is 0 Å². The molecule has 2 aromatic rings. The van der Waals surface area contributed by atoms with E-state index in [2.05, 4.69) is 51.1 Å². The van der Waals surface area contributed by atoms with Gasteiger partial charge < -0.3 is 9.47 Å². The van der Waals surface area contributed by atoms with Crippen LogP contribution in [0.2, 0.25) is 0 Å². The highest BCUT2D eigenvalue weighted by atomic mass is 16.5. The van der Waals surface area contributed by atoms with Crippen molar-refractivity contribution in [1.29, 1.82) is 0 Å². The molecule has 0 bridgehead atoms. The zero-order chi connectivity index (χ0) is 15.1. The summed E-state index contributed by atoms with van der Waals surface area (Å²) in [4.78, 5) is 0. The molecule has 0 spiro atoms. The van der Waals surface area contributed by atoms with E-state index in [-0.39, 0.29) is 11.0 Å². The first-order chi connectivity index (χ1) is 9.94. The number of ether oxygens (including phenoxy) is 2. The van der Waals surface area contributed by atoms with Gasteiger partial charge in [-0.3, -0.25) is 0 Å². The Morgan fingerprint density at radius 1 is 0.952 bits per heavy atom. The standard InChI is InChI=1S/C19H22O2/c1-18(2)13-19(3,14-9-11-15(20-4)12-10-14)16-7-5-6-8-17(16)21-18/h5-12H,13H2,1-4H3. The van der Waals surface area contributed by atoms with Gasteiger partial charge in [0, 0.05) is 17.4 Å². The SMILES string of the molecule is COc1ccc(C2(C)CC(C)(C)Oc3ccccc32)cc1. The van der Waals surface area contributed by atoms with Crippen LogP contribution in [0.25, 0.3) is 0 Å². The molecule has 110 valence electrons. The van der Waals surface area contributed by atoms with Crippen molar-refractivity contribution in [2.24, 2.45) is 0 Å². The van der Waals surface area contributed by atoms with Crippen molar-refractivity contribution in [3.8, 4) is 11.5 Å². The lowest BCUT2D eigenvalue weighted by Gasteiger charge is -2.44. The molecule has 0 amide bonds. The molecular weight excluding hydrogens is 260 g/mol. The van der Waals surface area contributed by atoms with Crippen LogP contribution in [0.4, 0.5) is 0 Å². The Labute approximate surface area is 126 Å². The molecule has 1 heterocycles. The summed E-state index contributed by atoms with van der Waals surface area (Å²) in [7, 11) is 1.70. The summed E-state index contributed by atoms with van der Waals surface area (Å²) in [6, 6.07) is 16.8. The average Bonchev–Trinajstić information content (AvgIpc) is 2.46. The lowest BCUT2D eigenvalue weighted by molar-refractivity contribution is 0.0583. The average molecular weight is 282 g/mol. The highest BCUT2D eigenvalue weighted by Crippen LogP contribution is 2.48. The highest BCUT2D eigenvalue weighted by molar-refractivity contribution is 5.49. The zero-order valence-corrected chi connectivity index (χ0v) is 13.1. The van der Waals surface area contributed by atoms with Crippen LogP contribution in [0.3, 0.4) is 0 Å². The normalized spacial score (nSPS) is 23.0. The number of methoxy groups -OCH3 is 1. The van der Waals surface area contributed by atoms with Gasteiger partial charge in [-0.05, 0) is 37.6 Å². The van der Waals surface area contributed by atoms with E-state index in [1.807, 2.05) is 18.2 Å². The minimum absolute atomic E-state index is 0.0510. The summed E-state index contributed by atoms with van der Waals surface area (Å²) in [5.74, 6) is 1.88. The summed E-state index contributed by atoms with van der Waals surface area (Å²) < 4.78 is 11.4. The summed E-state index contributed by atoms with van der Waals surface area (Å²) in [6.45, 7) is 6.62. The molecule has 0 radical (unpaired) electrons. The summed E-state index contributed by atoms with van der Waals surface area (Å²) in [5.41, 5.74) is 2.33. The van der Waals surface area contributed by atoms with E-state index >= 15 is 0 Å². The van der Waals surface area contributed by atoms with Crippen molar-refractivity contribution in [2.75, 3.05) is 7.11 Å². The van der Waals surface area contributed by atoms with Crippen LogP contribution in [0.5, 0.6) is 11.5 Å². The van der Waals surface area contributed by atoms with Gasteiger partial charge in [-0.25, -0.2) is 0 Å². The maximum Gasteiger partial charge on any atom is 0.124 e. The number of hydrogen-bond donors (Lipinski definition) is 0. The molecule has 1 unspecified atom stereocenters. The van der Waals surface area contributed by atoms with E-state index < -0.39 is 0 Å². The fourth-order valence-corrected chi connectivity index (χ4v) is 3.51. The van der Waals surface area contributed by atoms with Gasteiger partial charge in [0.2, 0.25) is 0 Å². The molecule has 0 aliphatic carbocycles. The summed E-state index contributed by atoms with van der Waals surface area (Å²) in [6.07, 6.45) is 0.948. The highest BCUT2D eigenvalue weighted by Gasteiger charge is 2.42. The van der Waals surface area contributed by atoms with Crippen LogP contribution in [0.15, 0.2) is 48.5 Å². The fraction of sp³-hybridized carbons (Fsp3) is 0.368. The third-order valence-electron chi connectivity index (χ3n) is 4.37. The Hall–Kier alpha value is -1.96. The van der Waals surface area contributed by atoms with Gasteiger partial charge in [-0.1, -0.05) is 37.3 Å². The lowest BCUT2D eigenvalue weighted by Crippen LogP contribution is -2.43. The first-order valence-corrected chi connectivity index (χ1v) is 7.38. The maximum atomic E-state index is 6.16. The van der Waals surface area contributed by atoms with Crippen LogP contribution in [-0.2, 0) is 5.41 Å². The van der Waals surface area contributed by atoms with Crippen molar-refractivity contribution in [1.82, 2.24) is 0 Å². The molecular formula is C19H22O2. The predicted molar refractivity (Wildman–Crippen MR) is 85.2 cm³/mol. The second-order valence-corrected chi connectivity index (χ2v) is 6.60. The topological polar surface area (TPSA) is 18.5 Å². The van der Waals surface area contributed by atoms with Gasteiger partial charge >= 0.3 is 0 Å². The summed E-state index contributed by atoms with van der Waals surface area (Å²) >= 11 is 0. The molecule has 0 N–H and O–H groups in total. The second kappa shape index (κ2) is 4.80. The zero-order valence-electron chi connectivity index (χ0n) is 13.1. The van der Waals surface area contributed by atoms with Crippen molar-refractivity contribution in [2.45, 2.75) is 38.2 Å². The van der Waals surface area contributed by atoms with Gasteiger partial charge in [0.05, 0.1) is 7.11 Å². The van der Waals surface area contributed by atoms with E-state index in [4.69, 9.17) is 9.47 Å². The number of rotatable bonds is 2. The minimum atomic E-state index is -0.178. The van der Waals surface area contributed by atoms with E-state index in [1.54, 1.807) is 7.11 Å². The van der Waals surface area contributed by atoms with Crippen molar-refractivity contribution in [3.05, 3.63) is 59.7 Å². The fourth-order valence-electron chi connectivity index (χ4n) is 3.51. The van der Waals surface area contributed by atoms with Gasteiger partial charge in [-0.2, -0.15) is 0 Å². The van der Waals surface area contributed by atoms with Gasteiger partial charge in [0.25, 0.3) is 0 Å². The van der Waals surface area contributed by atoms with E-state index in [0.29, 0.717) is 0 Å². The van der Waals surface area contributed by atoms with Crippen molar-refractivity contribution in [3.63, 3.8) is 0 Å². The third-order valence-corrected chi connectivity index (χ3v) is 4.37. The molecule has 1 atom stereocenters. The van der Waals surface area contributed by atoms with Crippen LogP contribution < -0.4 is 9.47 Å². The number of hydrogen-bond acceptors (Lipinski definition) is 2. The Morgan fingerprint density at radius 3 is 2.29 bits per heavy atom. The van der Waals surface area contributed by atoms with Crippen LogP contribution in [0, 0.1) is 0 Å². The molecule has 0 fully saturated rings. The molecule has 2 heteroatoms. The molecule has 3 rings (SSSR count). The Balaban J connectivity index is 2.13. The van der Waals surface area contributed by atoms with Crippen LogP contribution in [0.1, 0.15) is 38.3 Å². The lowest BCUT2D eigenvalue weighted by atomic mass is 9.68. The molecule has 0 saturated heterocycles. The molecule has 0 aromatic heterocycles. The maximum absolute atomic E-state index is 6.16. The first kappa shape index (κ1) is 14.0. The first-order valence-electron chi connectivity index (χ1n) is 7.38. The largest absolute Gasteiger partial charge is 0.497 e. The van der Waals surface area contributed by atoms with E-state index in [1.165, 1.54) is 11.1 Å². The van der Waals surface area contributed by atoms with Crippen LogP contribution >= 0.6 is 0 Å². The monoisotopic (exact) mass is 282 g/mol. The number of benzene rings is 2. The minimum Gasteiger partial charge on any atom is -0.497 e. The van der Waals surface area contributed by atoms with Crippen LogP contribution in [-0.4, -0.2) is 12.7 Å². The Morgan fingerprint density at radius 2 is 1.62 bits per heavy atom. The molecule has 0 saturated carbocycles. The van der Waals surface area contributed by atoms with Crippen molar-refractivity contribution < 1.29 is 9.47 Å². The molecule has 2 nitrogen and oxygen atoms in total. The smallest absolute Gasteiger partial charge is 0.124 e. The number of fused-ring (bicyclic) bond motifs is 1. The number of para-hydroxylation sites is 1. The molecule has 2 aromatic carbocycles. The van der Waals surface area contributed by atoms with Gasteiger partial charge in [0.1, 0.15) is 17.1 Å². The van der Waals surface area contributed by atoms with Gasteiger partial charge in [-0.15, -0.1) is 0 Å². The Bertz CT molecular complexity index is 643. The molecule has 1 aliphatic rings. The molecule has 21 heavy (non-hydrogen) atoms. The van der Waals surface area contributed by atoms with Gasteiger partial charge in [0.15, 0.2) is 0 Å². The quantitative estimate of drug-likeness (QED) is 0.803. The molecule has 1 aliphatic heterocycles. The summed E-state index contributed by atoms with van der Waals surface area (Å²) in [5, 5.41) is 0. The van der Waals surface area contributed by atoms with E-state index in [0.717, 1.165) is 17.9 Å². The van der Waals surface area contributed by atoms with E-state index in [9.17, 15) is 0 Å². The predicted octanol–water partition coefficient (Wildman–Crippen LogP) is 4.56. The third kappa shape index (κ3) is 2.39.